The van der Waals surface area contributed by atoms with E-state index in [1.54, 1.807) is 0 Å². The molecule has 5 rings (SSSR count). The van der Waals surface area contributed by atoms with E-state index in [1.165, 1.54) is 181 Å². The Morgan fingerprint density at radius 1 is 0.359 bits per heavy atom. The van der Waals surface area contributed by atoms with Crippen molar-refractivity contribution in [1.82, 2.24) is 28.2 Å². The van der Waals surface area contributed by atoms with Crippen LogP contribution in [0.15, 0.2) is 43.4 Å². The molecule has 0 atom stereocenters. The first-order valence-corrected chi connectivity index (χ1v) is 26.3. The van der Waals surface area contributed by atoms with E-state index in [-0.39, 0.29) is 11.1 Å². The van der Waals surface area contributed by atoms with Crippen LogP contribution in [0.1, 0.15) is 219 Å². The summed E-state index contributed by atoms with van der Waals surface area (Å²) >= 11 is 0. The average molecular weight is 881 g/mol. The van der Waals surface area contributed by atoms with Gasteiger partial charge in [0.15, 0.2) is 11.6 Å². The zero-order valence-corrected chi connectivity index (χ0v) is 40.7. The molecule has 0 amide bonds. The van der Waals surface area contributed by atoms with Crippen LogP contribution in [0.2, 0.25) is 0 Å². The summed E-state index contributed by atoms with van der Waals surface area (Å²) in [4.78, 5) is 61.9. The van der Waals surface area contributed by atoms with E-state index >= 15 is 0 Å². The minimum absolute atomic E-state index is 0.365. The highest BCUT2D eigenvalue weighted by Gasteiger charge is 2.23. The molecular formula is C54H84N6O4. The van der Waals surface area contributed by atoms with Crippen molar-refractivity contribution in [2.75, 3.05) is 0 Å². The molecule has 0 bridgehead atoms. The second-order valence-corrected chi connectivity index (χ2v) is 19.2. The van der Waals surface area contributed by atoms with E-state index in [4.69, 9.17) is 0 Å². The van der Waals surface area contributed by atoms with Crippen LogP contribution in [0.4, 0.5) is 0 Å². The number of hydrogen-bond acceptors (Lipinski definition) is 6. The summed E-state index contributed by atoms with van der Waals surface area (Å²) in [6.07, 6.45) is 41.2. The van der Waals surface area contributed by atoms with Crippen LogP contribution in [-0.4, -0.2) is 28.2 Å². The lowest BCUT2D eigenvalue weighted by molar-refractivity contribution is 0.521. The predicted octanol–water partition coefficient (Wildman–Crippen LogP) is 13.2. The molecule has 4 aliphatic heterocycles. The van der Waals surface area contributed by atoms with E-state index in [9.17, 15) is 19.2 Å². The number of hydrogen-bond donors (Lipinski definition) is 0. The summed E-state index contributed by atoms with van der Waals surface area (Å²) in [6, 6.07) is 7.80. The van der Waals surface area contributed by atoms with E-state index in [0.29, 0.717) is 35.9 Å². The number of fused-ring (bicyclic) bond motifs is 4. The first-order valence-electron chi connectivity index (χ1n) is 26.3. The van der Waals surface area contributed by atoms with Gasteiger partial charge in [0, 0.05) is 27.2 Å². The third kappa shape index (κ3) is 15.0. The van der Waals surface area contributed by atoms with Gasteiger partial charge in [-0.1, -0.05) is 206 Å². The molecule has 10 heteroatoms. The van der Waals surface area contributed by atoms with Crippen LogP contribution in [0.5, 0.6) is 0 Å². The Kier molecular flexibility index (Phi) is 22.3. The number of rotatable bonds is 34. The number of benzene rings is 1. The van der Waals surface area contributed by atoms with Crippen molar-refractivity contribution >= 4 is 21.8 Å². The fourth-order valence-electron chi connectivity index (χ4n) is 9.78. The lowest BCUT2D eigenvalue weighted by Crippen LogP contribution is -2.36. The molecule has 0 radical (unpaired) electrons. The van der Waals surface area contributed by atoms with E-state index < -0.39 is 11.4 Å². The summed E-state index contributed by atoms with van der Waals surface area (Å²) in [5.74, 6) is 0.805. The molecule has 0 aliphatic carbocycles. The monoisotopic (exact) mass is 881 g/mol. The molecule has 10 nitrogen and oxygen atoms in total. The molecule has 0 unspecified atom stereocenters. The molecule has 354 valence electrons. The van der Waals surface area contributed by atoms with Crippen LogP contribution >= 0.6 is 0 Å². The number of pyridine rings is 2. The first-order chi connectivity index (χ1) is 31.3. The third-order valence-corrected chi connectivity index (χ3v) is 13.9. The highest BCUT2D eigenvalue weighted by Crippen LogP contribution is 2.32. The van der Waals surface area contributed by atoms with Crippen LogP contribution in [-0.2, 0) is 27.2 Å². The molecular weight excluding hydrogens is 797 g/mol. The highest BCUT2D eigenvalue weighted by atomic mass is 16.2. The quantitative estimate of drug-likeness (QED) is 0.0300. The summed E-state index contributed by atoms with van der Waals surface area (Å²) in [7, 11) is 2.95. The van der Waals surface area contributed by atoms with Gasteiger partial charge in [0.1, 0.15) is 0 Å². The van der Waals surface area contributed by atoms with Gasteiger partial charge in [0.05, 0.1) is 22.2 Å². The van der Waals surface area contributed by atoms with Crippen LogP contribution < -0.4 is 22.5 Å². The Bertz CT molecular complexity index is 2160. The number of unbranched alkanes of at least 4 members (excludes halogenated alkanes) is 30. The summed E-state index contributed by atoms with van der Waals surface area (Å²) in [6.45, 7) is 5.79. The third-order valence-electron chi connectivity index (χ3n) is 13.9. The van der Waals surface area contributed by atoms with Crippen molar-refractivity contribution in [3.05, 3.63) is 65.9 Å². The van der Waals surface area contributed by atoms with Crippen molar-refractivity contribution in [2.45, 2.75) is 232 Å². The smallest absolute Gasteiger partial charge is 0.325 e. The second kappa shape index (κ2) is 28.1. The molecule has 0 aromatic heterocycles. The van der Waals surface area contributed by atoms with Gasteiger partial charge >= 0.3 is 11.4 Å². The van der Waals surface area contributed by atoms with Crippen LogP contribution in [0.25, 0.3) is 44.6 Å². The molecule has 4 heterocycles. The molecule has 0 saturated heterocycles. The summed E-state index contributed by atoms with van der Waals surface area (Å²) < 4.78 is 6.25. The summed E-state index contributed by atoms with van der Waals surface area (Å²) in [5.41, 5.74) is 0.685. The first kappa shape index (κ1) is 50.9. The van der Waals surface area contributed by atoms with Crippen LogP contribution in [0.3, 0.4) is 0 Å². The molecule has 0 fully saturated rings. The average Bonchev–Trinajstić information content (AvgIpc) is 3.29. The largest absolute Gasteiger partial charge is 0.352 e. The van der Waals surface area contributed by atoms with Crippen molar-refractivity contribution in [3.63, 3.8) is 0 Å². The Balaban J connectivity index is 1.23. The normalized spacial score (nSPS) is 11.9. The zero-order valence-electron chi connectivity index (χ0n) is 40.7. The minimum Gasteiger partial charge on any atom is -0.325 e. The van der Waals surface area contributed by atoms with Crippen molar-refractivity contribution in [1.29, 1.82) is 0 Å². The topological polar surface area (TPSA) is 114 Å². The lowest BCUT2D eigenvalue weighted by Gasteiger charge is -2.22. The van der Waals surface area contributed by atoms with Gasteiger partial charge in [-0.2, -0.15) is 9.97 Å². The molecule has 1 aromatic rings. The van der Waals surface area contributed by atoms with Gasteiger partial charge in [-0.3, -0.25) is 18.7 Å². The minimum atomic E-state index is -0.564. The predicted molar refractivity (Wildman–Crippen MR) is 268 cm³/mol. The van der Waals surface area contributed by atoms with Crippen molar-refractivity contribution in [2.24, 2.45) is 14.1 Å². The Morgan fingerprint density at radius 3 is 0.906 bits per heavy atom. The standard InChI is InChI=1S/C54H84N6O4/c1-5-7-9-11-13-15-17-19-21-23-25-27-29-31-33-35-37-59-47-42-48-44(39-43(47)40-45-49(59)55-53(63)57(3)51(45)61)41-46-50(56-54(64)58(4)52(46)62)60(48)38-36-34-32-30-28-26-24-22-20-18-16-14-12-10-8-6-2/h39-42H,5-38H2,1-4H3. The molecule has 0 N–H and O–H groups in total. The van der Waals surface area contributed by atoms with Gasteiger partial charge in [-0.25, -0.2) is 9.59 Å². The van der Waals surface area contributed by atoms with E-state index in [2.05, 4.69) is 39.0 Å². The van der Waals surface area contributed by atoms with Crippen LogP contribution in [0, 0.1) is 0 Å². The zero-order chi connectivity index (χ0) is 45.5. The summed E-state index contributed by atoms with van der Waals surface area (Å²) in [5, 5.41) is 1.68. The number of aryl methyl sites for hydroxylation is 2. The SMILES string of the molecule is CCCCCCCCCCCCCCCCCCn1c2nc(=O)n(C)c(=O)c-2cc2cc3cc4c(=O)n(C)c(=O)nc-4n(CCCCCCCCCCCCCCCCCC)c3cc21. The molecule has 0 saturated carbocycles. The van der Waals surface area contributed by atoms with Gasteiger partial charge < -0.3 is 9.13 Å². The number of aromatic nitrogens is 6. The maximum Gasteiger partial charge on any atom is 0.352 e. The van der Waals surface area contributed by atoms with E-state index in [1.807, 2.05) is 18.2 Å². The van der Waals surface area contributed by atoms with Gasteiger partial charge in [-0.05, 0) is 47.9 Å². The number of nitrogens with zero attached hydrogens (tertiary/aromatic N) is 6. The van der Waals surface area contributed by atoms with Gasteiger partial charge in [-0.15, -0.1) is 0 Å². The molecule has 0 spiro atoms. The van der Waals surface area contributed by atoms with Crippen molar-refractivity contribution in [3.8, 4) is 22.8 Å². The molecule has 1 aromatic carbocycles. The highest BCUT2D eigenvalue weighted by molar-refractivity contribution is 5.99. The van der Waals surface area contributed by atoms with Gasteiger partial charge in [0.2, 0.25) is 0 Å². The maximum atomic E-state index is 13.5. The van der Waals surface area contributed by atoms with Gasteiger partial charge in [0.25, 0.3) is 11.1 Å². The second-order valence-electron chi connectivity index (χ2n) is 19.2. The molecule has 4 aliphatic rings. The Labute approximate surface area is 384 Å². The fourth-order valence-corrected chi connectivity index (χ4v) is 9.78. The Morgan fingerprint density at radius 2 is 0.625 bits per heavy atom. The maximum absolute atomic E-state index is 13.5. The van der Waals surface area contributed by atoms with Crippen molar-refractivity contribution < 1.29 is 0 Å². The van der Waals surface area contributed by atoms with E-state index in [0.717, 1.165) is 69.5 Å². The molecule has 64 heavy (non-hydrogen) atoms. The fraction of sp³-hybridized carbons (Fsp3) is 0.704. The lowest BCUT2D eigenvalue weighted by atomic mass is 10.0. The Hall–Kier alpha value is -4.08.